The van der Waals surface area contributed by atoms with E-state index < -0.39 is 29.1 Å². The lowest BCUT2D eigenvalue weighted by Crippen LogP contribution is -2.32. The van der Waals surface area contributed by atoms with Gasteiger partial charge in [0.1, 0.15) is 6.23 Å². The van der Waals surface area contributed by atoms with Gasteiger partial charge in [0.25, 0.3) is 5.69 Å². The summed E-state index contributed by atoms with van der Waals surface area (Å²) in [4.78, 5) is 21.2. The average Bonchev–Trinajstić information content (AvgIpc) is 2.95. The lowest BCUT2D eigenvalue weighted by molar-refractivity contribution is -0.384. The van der Waals surface area contributed by atoms with E-state index in [9.17, 15) is 14.9 Å². The predicted molar refractivity (Wildman–Crippen MR) is 59.4 cm³/mol. The Morgan fingerprint density at radius 2 is 2.44 bits per heavy atom. The van der Waals surface area contributed by atoms with Gasteiger partial charge in [0, 0.05) is 18.7 Å². The van der Waals surface area contributed by atoms with E-state index in [2.05, 4.69) is 0 Å². The monoisotopic (exact) mass is 255 g/mol. The molecule has 2 rings (SSSR count). The molecule has 1 aromatic rings. The number of nitrogens with zero attached hydrogens (tertiary/aromatic N) is 2. The third-order valence-corrected chi connectivity index (χ3v) is 3.02. The molecular weight excluding hydrogens is 242 g/mol. The third-order valence-electron chi connectivity index (χ3n) is 3.02. The highest BCUT2D eigenvalue weighted by Crippen LogP contribution is 2.34. The van der Waals surface area contributed by atoms with Crippen molar-refractivity contribution >= 4 is 11.6 Å². The molecule has 0 aliphatic carbocycles. The topological polar surface area (TPSA) is 121 Å². The van der Waals surface area contributed by atoms with Crippen LogP contribution in [0.4, 0.5) is 5.69 Å². The summed E-state index contributed by atoms with van der Waals surface area (Å²) in [6.45, 7) is -0.312. The molecule has 1 fully saturated rings. The molecule has 3 atom stereocenters. The van der Waals surface area contributed by atoms with Crippen LogP contribution < -0.4 is 5.73 Å². The van der Waals surface area contributed by atoms with E-state index in [1.807, 2.05) is 0 Å². The van der Waals surface area contributed by atoms with Gasteiger partial charge in [-0.1, -0.05) is 0 Å². The van der Waals surface area contributed by atoms with Crippen LogP contribution in [0.5, 0.6) is 0 Å². The maximum Gasteiger partial charge on any atom is 0.286 e. The van der Waals surface area contributed by atoms with Crippen molar-refractivity contribution in [2.45, 2.75) is 18.8 Å². The number of nitro groups is 1. The third kappa shape index (κ3) is 2.20. The summed E-state index contributed by atoms with van der Waals surface area (Å²) in [5.74, 6) is -1.13. The number of rotatable bonds is 4. The van der Waals surface area contributed by atoms with Crippen molar-refractivity contribution in [2.24, 2.45) is 11.7 Å². The summed E-state index contributed by atoms with van der Waals surface area (Å²) in [6.07, 6.45) is 1.94. The Kier molecular flexibility index (Phi) is 3.30. The van der Waals surface area contributed by atoms with Crippen molar-refractivity contribution in [3.8, 4) is 0 Å². The first-order valence-electron chi connectivity index (χ1n) is 5.40. The highest BCUT2D eigenvalue weighted by molar-refractivity contribution is 5.77. The summed E-state index contributed by atoms with van der Waals surface area (Å²) in [6, 6.07) is 1.34. The fourth-order valence-corrected chi connectivity index (χ4v) is 2.07. The Balaban J connectivity index is 2.15. The predicted octanol–water partition coefficient (Wildman–Crippen LogP) is -0.222. The normalized spacial score (nSPS) is 27.3. The molecule has 0 bridgehead atoms. The molecule has 1 aliphatic rings. The number of primary amides is 1. The highest BCUT2D eigenvalue weighted by atomic mass is 16.6. The Bertz CT molecular complexity index is 472. The van der Waals surface area contributed by atoms with Gasteiger partial charge < -0.3 is 20.1 Å². The molecule has 8 nitrogen and oxygen atoms in total. The second kappa shape index (κ2) is 4.75. The number of amides is 1. The quantitative estimate of drug-likeness (QED) is 0.569. The maximum atomic E-state index is 11.2. The molecule has 1 saturated heterocycles. The molecule has 1 aliphatic heterocycles. The lowest BCUT2D eigenvalue weighted by atomic mass is 10.0. The van der Waals surface area contributed by atoms with Crippen molar-refractivity contribution in [1.29, 1.82) is 0 Å². The molecule has 0 spiro atoms. The number of ether oxygens (including phenoxy) is 1. The van der Waals surface area contributed by atoms with Crippen LogP contribution in [-0.2, 0) is 9.53 Å². The summed E-state index contributed by atoms with van der Waals surface area (Å²) >= 11 is 0. The maximum absolute atomic E-state index is 11.2. The van der Waals surface area contributed by atoms with Crippen molar-refractivity contribution in [3.63, 3.8) is 0 Å². The Hall–Kier alpha value is -1.93. The molecule has 8 heteroatoms. The van der Waals surface area contributed by atoms with Crippen LogP contribution in [0.25, 0.3) is 0 Å². The SMILES string of the molecule is NC(=O)[C@H]1C[C@H](n2ccc([N+](=O)[O-])c2)O[C@@H]1CO. The minimum absolute atomic E-state index is 0.0540. The largest absolute Gasteiger partial charge is 0.394 e. The van der Waals surface area contributed by atoms with Gasteiger partial charge >= 0.3 is 0 Å². The zero-order valence-corrected chi connectivity index (χ0v) is 9.43. The molecule has 2 heterocycles. The lowest BCUT2D eigenvalue weighted by Gasteiger charge is -2.13. The minimum atomic E-state index is -0.658. The minimum Gasteiger partial charge on any atom is -0.394 e. The van der Waals surface area contributed by atoms with E-state index >= 15 is 0 Å². The number of carbonyl (C=O) groups excluding carboxylic acids is 1. The summed E-state index contributed by atoms with van der Waals surface area (Å²) in [5, 5.41) is 19.7. The standard InChI is InChI=1S/C10H13N3O5/c11-10(15)7-3-9(18-8(7)5-14)12-2-1-6(4-12)13(16)17/h1-2,4,7-9,14H,3,5H2,(H2,11,15)/t7-,8+,9+/m0/s1. The zero-order valence-electron chi connectivity index (χ0n) is 9.43. The van der Waals surface area contributed by atoms with E-state index in [4.69, 9.17) is 15.6 Å². The Morgan fingerprint density at radius 3 is 2.89 bits per heavy atom. The van der Waals surface area contributed by atoms with Crippen LogP contribution in [0, 0.1) is 16.0 Å². The molecule has 0 unspecified atom stereocenters. The van der Waals surface area contributed by atoms with E-state index in [1.54, 1.807) is 0 Å². The first kappa shape index (κ1) is 12.5. The highest BCUT2D eigenvalue weighted by Gasteiger charge is 2.39. The van der Waals surface area contributed by atoms with Gasteiger partial charge in [-0.3, -0.25) is 14.9 Å². The molecule has 0 radical (unpaired) electrons. The number of aliphatic hydroxyl groups excluding tert-OH is 1. The molecule has 0 aromatic carbocycles. The summed E-state index contributed by atoms with van der Waals surface area (Å²) in [7, 11) is 0. The number of carbonyl (C=O) groups is 1. The second-order valence-corrected chi connectivity index (χ2v) is 4.13. The molecule has 1 amide bonds. The molecular formula is C10H13N3O5. The molecule has 98 valence electrons. The van der Waals surface area contributed by atoms with Crippen LogP contribution in [-0.4, -0.2) is 33.2 Å². The smallest absolute Gasteiger partial charge is 0.286 e. The summed E-state index contributed by atoms with van der Waals surface area (Å²) < 4.78 is 6.96. The van der Waals surface area contributed by atoms with Gasteiger partial charge in [-0.05, 0) is 0 Å². The van der Waals surface area contributed by atoms with Crippen LogP contribution in [0.1, 0.15) is 12.6 Å². The van der Waals surface area contributed by atoms with Crippen LogP contribution in [0.15, 0.2) is 18.5 Å². The van der Waals surface area contributed by atoms with E-state index in [1.165, 1.54) is 23.0 Å². The molecule has 3 N–H and O–H groups in total. The number of hydrogen-bond acceptors (Lipinski definition) is 5. The zero-order chi connectivity index (χ0) is 13.3. The Labute approximate surface area is 102 Å². The second-order valence-electron chi connectivity index (χ2n) is 4.13. The van der Waals surface area contributed by atoms with Crippen molar-refractivity contribution < 1.29 is 19.6 Å². The first-order chi connectivity index (χ1) is 8.52. The Morgan fingerprint density at radius 1 is 1.72 bits per heavy atom. The van der Waals surface area contributed by atoms with Gasteiger partial charge in [0.05, 0.1) is 29.7 Å². The van der Waals surface area contributed by atoms with E-state index in [0.29, 0.717) is 6.42 Å². The first-order valence-corrected chi connectivity index (χ1v) is 5.40. The van der Waals surface area contributed by atoms with Crippen molar-refractivity contribution in [1.82, 2.24) is 4.57 Å². The number of aliphatic hydroxyl groups is 1. The molecule has 18 heavy (non-hydrogen) atoms. The number of aromatic nitrogens is 1. The number of hydrogen-bond donors (Lipinski definition) is 2. The van der Waals surface area contributed by atoms with E-state index in [-0.39, 0.29) is 12.3 Å². The fraction of sp³-hybridized carbons (Fsp3) is 0.500. The number of nitrogens with two attached hydrogens (primary N) is 1. The van der Waals surface area contributed by atoms with Crippen LogP contribution in [0.3, 0.4) is 0 Å². The van der Waals surface area contributed by atoms with Crippen molar-refractivity contribution in [3.05, 3.63) is 28.6 Å². The van der Waals surface area contributed by atoms with Gasteiger partial charge in [0.2, 0.25) is 5.91 Å². The molecule has 1 aromatic heterocycles. The van der Waals surface area contributed by atoms with Gasteiger partial charge in [-0.25, -0.2) is 0 Å². The summed E-state index contributed by atoms with van der Waals surface area (Å²) in [5.41, 5.74) is 5.16. The van der Waals surface area contributed by atoms with Gasteiger partial charge in [-0.15, -0.1) is 0 Å². The van der Waals surface area contributed by atoms with E-state index in [0.717, 1.165) is 0 Å². The van der Waals surface area contributed by atoms with Crippen LogP contribution in [0.2, 0.25) is 0 Å². The van der Waals surface area contributed by atoms with Crippen LogP contribution >= 0.6 is 0 Å². The van der Waals surface area contributed by atoms with Crippen molar-refractivity contribution in [2.75, 3.05) is 6.61 Å². The average molecular weight is 255 g/mol. The fourth-order valence-electron chi connectivity index (χ4n) is 2.07. The van der Waals surface area contributed by atoms with Gasteiger partial charge in [0.15, 0.2) is 0 Å². The molecule has 0 saturated carbocycles. The van der Waals surface area contributed by atoms with Gasteiger partial charge in [-0.2, -0.15) is 0 Å².